The van der Waals surface area contributed by atoms with E-state index in [-0.39, 0.29) is 11.4 Å². The van der Waals surface area contributed by atoms with E-state index in [2.05, 4.69) is 56.9 Å². The molecule has 1 unspecified atom stereocenters. The number of ether oxygens (including phenoxy) is 1. The number of Topliss-reactive ketones (excluding diaryl/α,β-unsaturated/α-hetero) is 1. The monoisotopic (exact) mass is 362 g/mol. The Hall–Kier alpha value is -2.37. The molecule has 0 aliphatic rings. The first kappa shape index (κ1) is 20.9. The molecule has 0 fully saturated rings. The molecule has 0 aromatic heterocycles. The molecule has 0 aliphatic heterocycles. The van der Waals surface area contributed by atoms with Gasteiger partial charge in [0.1, 0.15) is 0 Å². The topological polar surface area (TPSA) is 26.3 Å². The van der Waals surface area contributed by atoms with Crippen molar-refractivity contribution < 1.29 is 9.53 Å². The number of aryl methyl sites for hydroxylation is 1. The smallest absolute Gasteiger partial charge is 0.159 e. The van der Waals surface area contributed by atoms with Gasteiger partial charge in [-0.25, -0.2) is 0 Å². The van der Waals surface area contributed by atoms with E-state index in [1.807, 2.05) is 24.3 Å². The van der Waals surface area contributed by atoms with Gasteiger partial charge in [0.2, 0.25) is 0 Å². The van der Waals surface area contributed by atoms with Crippen LogP contribution in [0.4, 0.5) is 0 Å². The predicted octanol–water partition coefficient (Wildman–Crippen LogP) is 5.82. The molecule has 0 saturated heterocycles. The number of ketones is 1. The SMILES string of the molecule is CCOC(C)(CC)CCCc1ccc(C#Cc2ccc(C(C)=O)cc2)cc1. The zero-order chi connectivity index (χ0) is 19.7. The van der Waals surface area contributed by atoms with E-state index >= 15 is 0 Å². The number of benzene rings is 2. The number of rotatable bonds is 8. The zero-order valence-corrected chi connectivity index (χ0v) is 17.0. The molecule has 0 amide bonds. The molecule has 27 heavy (non-hydrogen) atoms. The van der Waals surface area contributed by atoms with E-state index in [4.69, 9.17) is 4.74 Å². The first-order valence-corrected chi connectivity index (χ1v) is 9.81. The molecule has 2 aromatic carbocycles. The summed E-state index contributed by atoms with van der Waals surface area (Å²) in [5, 5.41) is 0. The Balaban J connectivity index is 1.91. The molecule has 0 radical (unpaired) electrons. The highest BCUT2D eigenvalue weighted by Gasteiger charge is 2.21. The van der Waals surface area contributed by atoms with E-state index in [0.717, 1.165) is 43.4 Å². The van der Waals surface area contributed by atoms with Gasteiger partial charge in [-0.2, -0.15) is 0 Å². The summed E-state index contributed by atoms with van der Waals surface area (Å²) in [6.07, 6.45) is 4.30. The third kappa shape index (κ3) is 6.70. The van der Waals surface area contributed by atoms with Crippen LogP contribution in [0.2, 0.25) is 0 Å². The van der Waals surface area contributed by atoms with Crippen molar-refractivity contribution in [2.24, 2.45) is 0 Å². The van der Waals surface area contributed by atoms with Crippen LogP contribution in [0.15, 0.2) is 48.5 Å². The van der Waals surface area contributed by atoms with Gasteiger partial charge in [0.05, 0.1) is 5.60 Å². The van der Waals surface area contributed by atoms with Crippen molar-refractivity contribution in [2.75, 3.05) is 6.61 Å². The molecule has 142 valence electrons. The molecule has 0 bridgehead atoms. The van der Waals surface area contributed by atoms with Gasteiger partial charge >= 0.3 is 0 Å². The van der Waals surface area contributed by atoms with E-state index in [1.165, 1.54) is 5.56 Å². The summed E-state index contributed by atoms with van der Waals surface area (Å²) in [6.45, 7) is 8.80. The standard InChI is InChI=1S/C25H30O2/c1-5-25(4,27-6-2)19-7-8-21-9-11-22(12-10-21)13-14-23-15-17-24(18-16-23)20(3)26/h9-12,15-18H,5-8,19H2,1-4H3. The van der Waals surface area contributed by atoms with Crippen LogP contribution in [0.1, 0.15) is 74.0 Å². The van der Waals surface area contributed by atoms with Gasteiger partial charge in [-0.15, -0.1) is 0 Å². The van der Waals surface area contributed by atoms with Gasteiger partial charge < -0.3 is 4.74 Å². The summed E-state index contributed by atoms with van der Waals surface area (Å²) < 4.78 is 5.89. The number of hydrogen-bond donors (Lipinski definition) is 0. The maximum absolute atomic E-state index is 11.3. The molecule has 2 aromatic rings. The van der Waals surface area contributed by atoms with Gasteiger partial charge in [-0.3, -0.25) is 4.79 Å². The Kier molecular flexibility index (Phi) is 7.82. The first-order chi connectivity index (χ1) is 13.0. The summed E-state index contributed by atoms with van der Waals surface area (Å²) in [7, 11) is 0. The highest BCUT2D eigenvalue weighted by atomic mass is 16.5. The van der Waals surface area contributed by atoms with Gasteiger partial charge in [0.15, 0.2) is 5.78 Å². The lowest BCUT2D eigenvalue weighted by atomic mass is 9.94. The minimum atomic E-state index is -0.00188. The van der Waals surface area contributed by atoms with Crippen LogP contribution in [0.5, 0.6) is 0 Å². The van der Waals surface area contributed by atoms with Crippen molar-refractivity contribution in [2.45, 2.75) is 59.0 Å². The molecule has 0 saturated carbocycles. The maximum atomic E-state index is 11.3. The summed E-state index contributed by atoms with van der Waals surface area (Å²) in [6, 6.07) is 15.9. The van der Waals surface area contributed by atoms with Crippen molar-refractivity contribution in [1.82, 2.24) is 0 Å². The molecule has 2 nitrogen and oxygen atoms in total. The fraction of sp³-hybridized carbons (Fsp3) is 0.400. The van der Waals surface area contributed by atoms with E-state index in [1.54, 1.807) is 6.92 Å². The van der Waals surface area contributed by atoms with Crippen molar-refractivity contribution in [3.05, 3.63) is 70.8 Å². The number of hydrogen-bond acceptors (Lipinski definition) is 2. The molecule has 1 atom stereocenters. The third-order valence-electron chi connectivity index (χ3n) is 5.01. The van der Waals surface area contributed by atoms with Gasteiger partial charge in [-0.1, -0.05) is 43.0 Å². The minimum absolute atomic E-state index is 0.00188. The second-order valence-corrected chi connectivity index (χ2v) is 7.17. The van der Waals surface area contributed by atoms with Crippen molar-refractivity contribution >= 4 is 5.78 Å². The Morgan fingerprint density at radius 2 is 1.52 bits per heavy atom. The Labute approximate surface area is 164 Å². The van der Waals surface area contributed by atoms with Gasteiger partial charge in [-0.05, 0) is 76.3 Å². The lowest BCUT2D eigenvalue weighted by Crippen LogP contribution is -2.27. The quantitative estimate of drug-likeness (QED) is 0.437. The molecule has 0 heterocycles. The van der Waals surface area contributed by atoms with Crippen LogP contribution in [0.3, 0.4) is 0 Å². The Morgan fingerprint density at radius 3 is 2.00 bits per heavy atom. The van der Waals surface area contributed by atoms with Crippen LogP contribution in [0, 0.1) is 11.8 Å². The minimum Gasteiger partial charge on any atom is -0.376 e. The van der Waals surface area contributed by atoms with E-state index < -0.39 is 0 Å². The molecular formula is C25H30O2. The van der Waals surface area contributed by atoms with Gasteiger partial charge in [0.25, 0.3) is 0 Å². The summed E-state index contributed by atoms with van der Waals surface area (Å²) in [5.41, 5.74) is 3.97. The van der Waals surface area contributed by atoms with Crippen LogP contribution >= 0.6 is 0 Å². The lowest BCUT2D eigenvalue weighted by molar-refractivity contribution is -0.0348. The number of carbonyl (C=O) groups excluding carboxylic acids is 1. The highest BCUT2D eigenvalue weighted by molar-refractivity contribution is 5.94. The van der Waals surface area contributed by atoms with Crippen LogP contribution in [0.25, 0.3) is 0 Å². The summed E-state index contributed by atoms with van der Waals surface area (Å²) in [4.78, 5) is 11.3. The molecule has 2 rings (SSSR count). The summed E-state index contributed by atoms with van der Waals surface area (Å²) in [5.74, 6) is 6.42. The highest BCUT2D eigenvalue weighted by Crippen LogP contribution is 2.23. The Morgan fingerprint density at radius 1 is 0.963 bits per heavy atom. The maximum Gasteiger partial charge on any atom is 0.159 e. The van der Waals surface area contributed by atoms with Crippen LogP contribution in [-0.4, -0.2) is 18.0 Å². The summed E-state index contributed by atoms with van der Waals surface area (Å²) >= 11 is 0. The van der Waals surface area contributed by atoms with Crippen LogP contribution < -0.4 is 0 Å². The predicted molar refractivity (Wildman–Crippen MR) is 112 cm³/mol. The lowest BCUT2D eigenvalue weighted by Gasteiger charge is -2.28. The van der Waals surface area contributed by atoms with Crippen molar-refractivity contribution in [3.8, 4) is 11.8 Å². The zero-order valence-electron chi connectivity index (χ0n) is 17.0. The fourth-order valence-electron chi connectivity index (χ4n) is 3.05. The van der Waals surface area contributed by atoms with Crippen LogP contribution in [-0.2, 0) is 11.2 Å². The fourth-order valence-corrected chi connectivity index (χ4v) is 3.05. The largest absolute Gasteiger partial charge is 0.376 e. The molecule has 0 N–H and O–H groups in total. The van der Waals surface area contributed by atoms with E-state index in [0.29, 0.717) is 5.56 Å². The van der Waals surface area contributed by atoms with Gasteiger partial charge in [0, 0.05) is 23.3 Å². The average molecular weight is 363 g/mol. The molecule has 0 aliphatic carbocycles. The normalized spacial score (nSPS) is 12.7. The van der Waals surface area contributed by atoms with Crippen molar-refractivity contribution in [1.29, 1.82) is 0 Å². The second-order valence-electron chi connectivity index (χ2n) is 7.17. The van der Waals surface area contributed by atoms with Crippen molar-refractivity contribution in [3.63, 3.8) is 0 Å². The second kappa shape index (κ2) is 10.1. The Bertz CT molecular complexity index is 791. The van der Waals surface area contributed by atoms with E-state index in [9.17, 15) is 4.79 Å². The first-order valence-electron chi connectivity index (χ1n) is 9.81. The molecule has 2 heteroatoms. The molecule has 0 spiro atoms. The average Bonchev–Trinajstić information content (AvgIpc) is 2.68. The number of carbonyl (C=O) groups is 1. The third-order valence-corrected chi connectivity index (χ3v) is 5.01. The molecular weight excluding hydrogens is 332 g/mol.